The lowest BCUT2D eigenvalue weighted by Crippen LogP contribution is -2.37. The summed E-state index contributed by atoms with van der Waals surface area (Å²) in [7, 11) is 0. The second-order valence-electron chi connectivity index (χ2n) is 2.81. The second-order valence-corrected chi connectivity index (χ2v) is 2.81. The Morgan fingerprint density at radius 3 is 2.00 bits per heavy atom. The molecule has 0 unspecified atom stereocenters. The van der Waals surface area contributed by atoms with Crippen LogP contribution in [0.4, 0.5) is 0 Å². The van der Waals surface area contributed by atoms with Crippen molar-refractivity contribution < 1.29 is 5.11 Å². The SMILES string of the molecule is CC[C@H](N)[C@H](O)C(C)C. The van der Waals surface area contributed by atoms with Crippen LogP contribution in [0.2, 0.25) is 0 Å². The van der Waals surface area contributed by atoms with Gasteiger partial charge in [-0.15, -0.1) is 0 Å². The van der Waals surface area contributed by atoms with E-state index in [2.05, 4.69) is 0 Å². The molecule has 2 nitrogen and oxygen atoms in total. The third kappa shape index (κ3) is 2.82. The number of hydrogen-bond acceptors (Lipinski definition) is 2. The molecule has 0 aromatic heterocycles. The molecule has 0 aliphatic rings. The Hall–Kier alpha value is -0.0800. The first-order valence-electron chi connectivity index (χ1n) is 3.53. The van der Waals surface area contributed by atoms with Crippen LogP contribution in [0.5, 0.6) is 0 Å². The Kier molecular flexibility index (Phi) is 3.82. The van der Waals surface area contributed by atoms with Crippen molar-refractivity contribution in [3.05, 3.63) is 0 Å². The van der Waals surface area contributed by atoms with Crippen molar-refractivity contribution >= 4 is 0 Å². The van der Waals surface area contributed by atoms with E-state index in [1.165, 1.54) is 0 Å². The fourth-order valence-electron chi connectivity index (χ4n) is 0.736. The Balaban J connectivity index is 3.58. The smallest absolute Gasteiger partial charge is 0.0713 e. The predicted octanol–water partition coefficient (Wildman–Crippen LogP) is 0.741. The largest absolute Gasteiger partial charge is 0.391 e. The average Bonchev–Trinajstić information content (AvgIpc) is 1.84. The molecule has 0 spiro atoms. The fourth-order valence-corrected chi connectivity index (χ4v) is 0.736. The average molecular weight is 131 g/mol. The minimum Gasteiger partial charge on any atom is -0.391 e. The van der Waals surface area contributed by atoms with E-state index in [0.29, 0.717) is 0 Å². The van der Waals surface area contributed by atoms with Crippen molar-refractivity contribution in [1.29, 1.82) is 0 Å². The Bertz CT molecular complexity index is 73.3. The van der Waals surface area contributed by atoms with Crippen molar-refractivity contribution in [2.24, 2.45) is 11.7 Å². The van der Waals surface area contributed by atoms with E-state index < -0.39 is 0 Å². The summed E-state index contributed by atoms with van der Waals surface area (Å²) in [4.78, 5) is 0. The summed E-state index contributed by atoms with van der Waals surface area (Å²) in [5.74, 6) is 0.278. The number of rotatable bonds is 3. The van der Waals surface area contributed by atoms with Crippen LogP contribution in [0, 0.1) is 5.92 Å². The van der Waals surface area contributed by atoms with Gasteiger partial charge in [0.1, 0.15) is 0 Å². The van der Waals surface area contributed by atoms with E-state index in [9.17, 15) is 5.11 Å². The van der Waals surface area contributed by atoms with Crippen LogP contribution in [0.1, 0.15) is 27.2 Å². The monoisotopic (exact) mass is 131 g/mol. The molecule has 2 atom stereocenters. The van der Waals surface area contributed by atoms with Gasteiger partial charge >= 0.3 is 0 Å². The zero-order valence-corrected chi connectivity index (χ0v) is 6.46. The first kappa shape index (κ1) is 8.92. The maximum absolute atomic E-state index is 9.27. The van der Waals surface area contributed by atoms with E-state index in [1.807, 2.05) is 20.8 Å². The van der Waals surface area contributed by atoms with Crippen LogP contribution >= 0.6 is 0 Å². The van der Waals surface area contributed by atoms with Crippen LogP contribution in [0.15, 0.2) is 0 Å². The summed E-state index contributed by atoms with van der Waals surface area (Å²) in [6.07, 6.45) is 0.509. The second kappa shape index (κ2) is 3.85. The van der Waals surface area contributed by atoms with E-state index in [1.54, 1.807) is 0 Å². The van der Waals surface area contributed by atoms with Gasteiger partial charge in [-0.2, -0.15) is 0 Å². The minimum atomic E-state index is -0.338. The fraction of sp³-hybridized carbons (Fsp3) is 1.00. The van der Waals surface area contributed by atoms with Crippen molar-refractivity contribution in [3.8, 4) is 0 Å². The van der Waals surface area contributed by atoms with Gasteiger partial charge in [-0.05, 0) is 12.3 Å². The minimum absolute atomic E-state index is 0.0509. The van der Waals surface area contributed by atoms with Crippen molar-refractivity contribution in [1.82, 2.24) is 0 Å². The highest BCUT2D eigenvalue weighted by Crippen LogP contribution is 2.05. The van der Waals surface area contributed by atoms with E-state index >= 15 is 0 Å². The Labute approximate surface area is 57.1 Å². The molecule has 0 saturated carbocycles. The molecule has 0 radical (unpaired) electrons. The van der Waals surface area contributed by atoms with Crippen LogP contribution < -0.4 is 5.73 Å². The maximum Gasteiger partial charge on any atom is 0.0713 e. The highest BCUT2D eigenvalue weighted by molar-refractivity contribution is 4.72. The predicted molar refractivity (Wildman–Crippen MR) is 39.1 cm³/mol. The summed E-state index contributed by atoms with van der Waals surface area (Å²) in [6, 6.07) is -0.0509. The van der Waals surface area contributed by atoms with Gasteiger partial charge in [0.25, 0.3) is 0 Å². The summed E-state index contributed by atoms with van der Waals surface area (Å²) in [5.41, 5.74) is 5.57. The molecular weight excluding hydrogens is 114 g/mol. The molecule has 0 fully saturated rings. The van der Waals surface area contributed by atoms with Gasteiger partial charge in [-0.25, -0.2) is 0 Å². The Morgan fingerprint density at radius 2 is 1.89 bits per heavy atom. The van der Waals surface area contributed by atoms with Crippen LogP contribution in [0.25, 0.3) is 0 Å². The zero-order valence-electron chi connectivity index (χ0n) is 6.46. The van der Waals surface area contributed by atoms with Crippen LogP contribution in [-0.2, 0) is 0 Å². The van der Waals surface area contributed by atoms with Crippen molar-refractivity contribution in [2.75, 3.05) is 0 Å². The van der Waals surface area contributed by atoms with Gasteiger partial charge in [0, 0.05) is 6.04 Å². The molecule has 3 N–H and O–H groups in total. The zero-order chi connectivity index (χ0) is 7.44. The van der Waals surface area contributed by atoms with Gasteiger partial charge in [-0.1, -0.05) is 20.8 Å². The third-order valence-corrected chi connectivity index (χ3v) is 1.59. The summed E-state index contributed by atoms with van der Waals surface area (Å²) >= 11 is 0. The summed E-state index contributed by atoms with van der Waals surface area (Å²) in [6.45, 7) is 5.93. The molecule has 0 aromatic rings. The highest BCUT2D eigenvalue weighted by Gasteiger charge is 2.15. The first-order valence-corrected chi connectivity index (χ1v) is 3.53. The molecule has 0 heterocycles. The molecule has 0 aromatic carbocycles. The molecule has 56 valence electrons. The standard InChI is InChI=1S/C7H17NO/c1-4-6(8)7(9)5(2)3/h5-7,9H,4,8H2,1-3H3/t6-,7+/m0/s1. The number of aliphatic hydroxyl groups excluding tert-OH is 1. The molecule has 9 heavy (non-hydrogen) atoms. The van der Waals surface area contributed by atoms with Gasteiger partial charge in [0.2, 0.25) is 0 Å². The number of aliphatic hydroxyl groups is 1. The first-order chi connectivity index (χ1) is 4.09. The van der Waals surface area contributed by atoms with Gasteiger partial charge in [0.05, 0.1) is 6.10 Å². The normalized spacial score (nSPS) is 18.0. The van der Waals surface area contributed by atoms with Crippen molar-refractivity contribution in [3.63, 3.8) is 0 Å². The Morgan fingerprint density at radius 1 is 1.44 bits per heavy atom. The molecule has 0 aliphatic carbocycles. The van der Waals surface area contributed by atoms with E-state index in [4.69, 9.17) is 5.73 Å². The summed E-state index contributed by atoms with van der Waals surface area (Å²) < 4.78 is 0. The third-order valence-electron chi connectivity index (χ3n) is 1.59. The molecule has 0 amide bonds. The molecule has 0 rings (SSSR count). The summed E-state index contributed by atoms with van der Waals surface area (Å²) in [5, 5.41) is 9.27. The molecule has 0 saturated heterocycles. The van der Waals surface area contributed by atoms with Gasteiger partial charge < -0.3 is 10.8 Å². The molecule has 0 bridgehead atoms. The van der Waals surface area contributed by atoms with E-state index in [0.717, 1.165) is 6.42 Å². The lowest BCUT2D eigenvalue weighted by molar-refractivity contribution is 0.0964. The molecular formula is C7H17NO. The lowest BCUT2D eigenvalue weighted by Gasteiger charge is -2.20. The van der Waals surface area contributed by atoms with Gasteiger partial charge in [-0.3, -0.25) is 0 Å². The highest BCUT2D eigenvalue weighted by atomic mass is 16.3. The van der Waals surface area contributed by atoms with Crippen molar-refractivity contribution in [2.45, 2.75) is 39.3 Å². The topological polar surface area (TPSA) is 46.2 Å². The van der Waals surface area contributed by atoms with E-state index in [-0.39, 0.29) is 18.1 Å². The van der Waals surface area contributed by atoms with Crippen LogP contribution in [-0.4, -0.2) is 17.3 Å². The van der Waals surface area contributed by atoms with Crippen LogP contribution in [0.3, 0.4) is 0 Å². The maximum atomic E-state index is 9.27. The number of hydrogen-bond donors (Lipinski definition) is 2. The lowest BCUT2D eigenvalue weighted by atomic mass is 9.99. The van der Waals surface area contributed by atoms with Gasteiger partial charge in [0.15, 0.2) is 0 Å². The number of nitrogens with two attached hydrogens (primary N) is 1. The molecule has 0 aliphatic heterocycles. The molecule has 2 heteroatoms. The quantitative estimate of drug-likeness (QED) is 0.593.